The van der Waals surface area contributed by atoms with Crippen LogP contribution in [0.5, 0.6) is 0 Å². The molecule has 0 saturated carbocycles. The Kier molecular flexibility index (Phi) is 4.04. The molecule has 6 heteroatoms. The van der Waals surface area contributed by atoms with Crippen molar-refractivity contribution in [1.29, 1.82) is 0 Å². The first kappa shape index (κ1) is 10.3. The molecule has 0 amide bonds. The smallest absolute Gasteiger partial charge is 0.330 e. The molecule has 74 valence electrons. The van der Waals surface area contributed by atoms with Crippen LogP contribution in [0.1, 0.15) is 13.3 Å². The molecule has 0 aliphatic carbocycles. The standard InChI is InChI=1S/C7H14N4OS/c1-2-4-11-6(12)9-10-7(11)13-5-3-8/h2-5,8H2,1H3,(H,9,12). The first-order valence-corrected chi connectivity index (χ1v) is 5.26. The maximum absolute atomic E-state index is 11.2. The number of H-pyrrole nitrogens is 1. The molecule has 3 N–H and O–H groups in total. The van der Waals surface area contributed by atoms with Gasteiger partial charge >= 0.3 is 5.69 Å². The summed E-state index contributed by atoms with van der Waals surface area (Å²) in [6, 6.07) is 0. The van der Waals surface area contributed by atoms with Gasteiger partial charge in [0.25, 0.3) is 0 Å². The number of rotatable bonds is 5. The maximum Gasteiger partial charge on any atom is 0.343 e. The van der Waals surface area contributed by atoms with E-state index in [0.29, 0.717) is 13.1 Å². The number of hydrogen-bond acceptors (Lipinski definition) is 4. The molecule has 0 aromatic carbocycles. The number of aromatic nitrogens is 3. The molecular weight excluding hydrogens is 188 g/mol. The van der Waals surface area contributed by atoms with Gasteiger partial charge in [0.1, 0.15) is 0 Å². The third-order valence-corrected chi connectivity index (χ3v) is 2.53. The molecule has 1 rings (SSSR count). The van der Waals surface area contributed by atoms with Crippen LogP contribution >= 0.6 is 11.8 Å². The van der Waals surface area contributed by atoms with Gasteiger partial charge in [0.2, 0.25) is 0 Å². The Morgan fingerprint density at radius 3 is 3.08 bits per heavy atom. The van der Waals surface area contributed by atoms with Gasteiger partial charge in [0.15, 0.2) is 5.16 Å². The molecule has 0 unspecified atom stereocenters. The van der Waals surface area contributed by atoms with Crippen molar-refractivity contribution in [3.63, 3.8) is 0 Å². The highest BCUT2D eigenvalue weighted by atomic mass is 32.2. The van der Waals surface area contributed by atoms with Gasteiger partial charge in [0.05, 0.1) is 0 Å². The molecule has 0 atom stereocenters. The lowest BCUT2D eigenvalue weighted by Gasteiger charge is -2.01. The predicted molar refractivity (Wildman–Crippen MR) is 52.9 cm³/mol. The summed E-state index contributed by atoms with van der Waals surface area (Å²) in [5.41, 5.74) is 5.22. The van der Waals surface area contributed by atoms with E-state index in [1.165, 1.54) is 11.8 Å². The molecule has 0 aliphatic heterocycles. The van der Waals surface area contributed by atoms with Crippen molar-refractivity contribution in [3.8, 4) is 0 Å². The van der Waals surface area contributed by atoms with E-state index >= 15 is 0 Å². The molecule has 13 heavy (non-hydrogen) atoms. The highest BCUT2D eigenvalue weighted by molar-refractivity contribution is 7.99. The zero-order chi connectivity index (χ0) is 9.68. The van der Waals surface area contributed by atoms with E-state index in [2.05, 4.69) is 10.2 Å². The van der Waals surface area contributed by atoms with Crippen LogP contribution in [-0.2, 0) is 6.54 Å². The van der Waals surface area contributed by atoms with Gasteiger partial charge in [-0.15, -0.1) is 5.10 Å². The van der Waals surface area contributed by atoms with Crippen LogP contribution < -0.4 is 11.4 Å². The second kappa shape index (κ2) is 5.08. The molecule has 0 bridgehead atoms. The van der Waals surface area contributed by atoms with Gasteiger partial charge in [-0.2, -0.15) is 0 Å². The van der Waals surface area contributed by atoms with Crippen molar-refractivity contribution in [1.82, 2.24) is 14.8 Å². The largest absolute Gasteiger partial charge is 0.343 e. The summed E-state index contributed by atoms with van der Waals surface area (Å²) in [5, 5.41) is 7.07. The fourth-order valence-corrected chi connectivity index (χ4v) is 1.73. The van der Waals surface area contributed by atoms with E-state index in [1.54, 1.807) is 4.57 Å². The second-order valence-corrected chi connectivity index (χ2v) is 3.66. The third-order valence-electron chi connectivity index (χ3n) is 1.52. The van der Waals surface area contributed by atoms with Gasteiger partial charge in [-0.05, 0) is 6.42 Å². The van der Waals surface area contributed by atoms with Crippen LogP contribution in [0.2, 0.25) is 0 Å². The average Bonchev–Trinajstić information content (AvgIpc) is 2.46. The Bertz CT molecular complexity index is 306. The molecule has 5 nitrogen and oxygen atoms in total. The fourth-order valence-electron chi connectivity index (χ4n) is 0.984. The number of hydrogen-bond donors (Lipinski definition) is 2. The normalized spacial score (nSPS) is 10.6. The quantitative estimate of drug-likeness (QED) is 0.661. The molecule has 0 saturated heterocycles. The summed E-state index contributed by atoms with van der Waals surface area (Å²) in [5.74, 6) is 0.786. The molecule has 1 heterocycles. The first-order chi connectivity index (χ1) is 6.29. The van der Waals surface area contributed by atoms with E-state index < -0.39 is 0 Å². The highest BCUT2D eigenvalue weighted by Crippen LogP contribution is 2.11. The van der Waals surface area contributed by atoms with E-state index in [9.17, 15) is 4.79 Å². The van der Waals surface area contributed by atoms with Crippen molar-refractivity contribution >= 4 is 11.8 Å². The van der Waals surface area contributed by atoms with Crippen molar-refractivity contribution in [2.24, 2.45) is 5.73 Å². The van der Waals surface area contributed by atoms with E-state index in [0.717, 1.165) is 17.3 Å². The summed E-state index contributed by atoms with van der Waals surface area (Å²) in [7, 11) is 0. The molecule has 1 aromatic heterocycles. The van der Waals surface area contributed by atoms with Crippen LogP contribution in [0.15, 0.2) is 9.95 Å². The second-order valence-electron chi connectivity index (χ2n) is 2.60. The van der Waals surface area contributed by atoms with Gasteiger partial charge in [0, 0.05) is 18.8 Å². The number of thioether (sulfide) groups is 1. The van der Waals surface area contributed by atoms with Crippen molar-refractivity contribution in [2.75, 3.05) is 12.3 Å². The van der Waals surface area contributed by atoms with Crippen molar-refractivity contribution < 1.29 is 0 Å². The predicted octanol–water partition coefficient (Wildman–Crippen LogP) is 0.0322. The Morgan fingerprint density at radius 1 is 1.69 bits per heavy atom. The van der Waals surface area contributed by atoms with Crippen LogP contribution in [0.25, 0.3) is 0 Å². The highest BCUT2D eigenvalue weighted by Gasteiger charge is 2.06. The molecule has 0 spiro atoms. The van der Waals surface area contributed by atoms with Gasteiger partial charge in [-0.25, -0.2) is 9.89 Å². The summed E-state index contributed by atoms with van der Waals surface area (Å²) < 4.78 is 1.64. The first-order valence-electron chi connectivity index (χ1n) is 4.27. The SMILES string of the molecule is CCCn1c(SCCN)n[nH]c1=O. The average molecular weight is 202 g/mol. The van der Waals surface area contributed by atoms with Crippen LogP contribution in [-0.4, -0.2) is 27.1 Å². The topological polar surface area (TPSA) is 76.7 Å². The molecule has 0 fully saturated rings. The summed E-state index contributed by atoms with van der Waals surface area (Å²) >= 11 is 1.50. The van der Waals surface area contributed by atoms with Crippen LogP contribution in [0, 0.1) is 0 Å². The molecule has 0 radical (unpaired) electrons. The lowest BCUT2D eigenvalue weighted by atomic mass is 10.5. The zero-order valence-corrected chi connectivity index (χ0v) is 8.43. The van der Waals surface area contributed by atoms with E-state index in [4.69, 9.17) is 5.73 Å². The lowest BCUT2D eigenvalue weighted by Crippen LogP contribution is -2.17. The van der Waals surface area contributed by atoms with Crippen molar-refractivity contribution in [2.45, 2.75) is 25.0 Å². The fraction of sp³-hybridized carbons (Fsp3) is 0.714. The summed E-state index contributed by atoms with van der Waals surface area (Å²) in [4.78, 5) is 11.2. The summed E-state index contributed by atoms with van der Waals surface area (Å²) in [6.07, 6.45) is 0.926. The summed E-state index contributed by atoms with van der Waals surface area (Å²) in [6.45, 7) is 3.33. The van der Waals surface area contributed by atoms with Gasteiger partial charge in [-0.1, -0.05) is 18.7 Å². The van der Waals surface area contributed by atoms with E-state index in [1.807, 2.05) is 6.92 Å². The Labute approximate surface area is 80.7 Å². The van der Waals surface area contributed by atoms with Gasteiger partial charge < -0.3 is 5.73 Å². The number of nitrogens with one attached hydrogen (secondary N) is 1. The minimum Gasteiger partial charge on any atom is -0.330 e. The van der Waals surface area contributed by atoms with Crippen molar-refractivity contribution in [3.05, 3.63) is 10.5 Å². The minimum atomic E-state index is -0.138. The Hall–Kier alpha value is -0.750. The molecule has 0 aliphatic rings. The maximum atomic E-state index is 11.2. The van der Waals surface area contributed by atoms with E-state index in [-0.39, 0.29) is 5.69 Å². The zero-order valence-electron chi connectivity index (χ0n) is 7.62. The monoisotopic (exact) mass is 202 g/mol. The number of aromatic amines is 1. The minimum absolute atomic E-state index is 0.138. The lowest BCUT2D eigenvalue weighted by molar-refractivity contribution is 0.604. The molecule has 1 aromatic rings. The Morgan fingerprint density at radius 2 is 2.46 bits per heavy atom. The van der Waals surface area contributed by atoms with Gasteiger partial charge in [-0.3, -0.25) is 4.57 Å². The Balaban J connectivity index is 2.74. The van der Waals surface area contributed by atoms with Crippen LogP contribution in [0.3, 0.4) is 0 Å². The van der Waals surface area contributed by atoms with Crippen LogP contribution in [0.4, 0.5) is 0 Å². The number of nitrogens with zero attached hydrogens (tertiary/aromatic N) is 2. The third kappa shape index (κ3) is 2.60. The molecular formula is C7H14N4OS. The number of nitrogens with two attached hydrogens (primary N) is 1.